The number of nitrogens with zero attached hydrogens (tertiary/aromatic N) is 3. The van der Waals surface area contributed by atoms with Crippen LogP contribution in [-0.2, 0) is 29.7 Å². The molecule has 0 aliphatic carbocycles. The van der Waals surface area contributed by atoms with Gasteiger partial charge in [-0.05, 0) is 19.9 Å². The average Bonchev–Trinajstić information content (AvgIpc) is 3.02. The summed E-state index contributed by atoms with van der Waals surface area (Å²) in [5.41, 5.74) is 5.54. The maximum Gasteiger partial charge on any atom is 0.242 e. The summed E-state index contributed by atoms with van der Waals surface area (Å²) >= 11 is 1.39. The lowest BCUT2D eigenvalue weighted by molar-refractivity contribution is 0.575. The van der Waals surface area contributed by atoms with Crippen molar-refractivity contribution in [1.29, 1.82) is 0 Å². The van der Waals surface area contributed by atoms with Gasteiger partial charge >= 0.3 is 0 Å². The highest BCUT2D eigenvalue weighted by Crippen LogP contribution is 2.25. The smallest absolute Gasteiger partial charge is 0.242 e. The van der Waals surface area contributed by atoms with E-state index in [2.05, 4.69) is 14.9 Å². The van der Waals surface area contributed by atoms with Crippen LogP contribution in [0.5, 0.6) is 0 Å². The molecule has 9 heteroatoms. The quantitative estimate of drug-likeness (QED) is 0.813. The lowest BCUT2D eigenvalue weighted by Gasteiger charge is -2.06. The molecule has 0 aliphatic heterocycles. The van der Waals surface area contributed by atoms with E-state index in [0.29, 0.717) is 18.9 Å². The van der Waals surface area contributed by atoms with E-state index in [-0.39, 0.29) is 11.4 Å². The summed E-state index contributed by atoms with van der Waals surface area (Å²) in [7, 11) is -3.56. The Morgan fingerprint density at radius 2 is 2.25 bits per heavy atom. The van der Waals surface area contributed by atoms with Gasteiger partial charge in [0.2, 0.25) is 10.0 Å². The number of aryl methyl sites for hydroxylation is 2. The largest absolute Gasteiger partial charge is 0.326 e. The number of hydrogen-bond acceptors (Lipinski definition) is 6. The molecule has 7 nitrogen and oxygen atoms in total. The van der Waals surface area contributed by atoms with Crippen molar-refractivity contribution in [2.45, 2.75) is 38.4 Å². The molecule has 0 aliphatic rings. The molecule has 0 atom stereocenters. The molecule has 2 rings (SSSR count). The van der Waals surface area contributed by atoms with Crippen molar-refractivity contribution in [2.75, 3.05) is 0 Å². The fourth-order valence-electron chi connectivity index (χ4n) is 1.81. The van der Waals surface area contributed by atoms with E-state index >= 15 is 0 Å². The number of aromatic nitrogens is 3. The molecule has 0 unspecified atom stereocenters. The maximum atomic E-state index is 12.3. The Hall–Kier alpha value is -1.29. The highest BCUT2D eigenvalue weighted by atomic mass is 32.2. The monoisotopic (exact) mass is 315 g/mol. The summed E-state index contributed by atoms with van der Waals surface area (Å²) < 4.78 is 28.9. The Morgan fingerprint density at radius 1 is 1.50 bits per heavy atom. The lowest BCUT2D eigenvalue weighted by atomic mass is 10.4. The van der Waals surface area contributed by atoms with E-state index in [1.807, 2.05) is 6.92 Å². The fourth-order valence-corrected chi connectivity index (χ4v) is 4.30. The second-order valence-electron chi connectivity index (χ2n) is 4.20. The molecule has 0 radical (unpaired) electrons. The molecular weight excluding hydrogens is 298 g/mol. The van der Waals surface area contributed by atoms with Crippen molar-refractivity contribution >= 4 is 21.4 Å². The highest BCUT2D eigenvalue weighted by Gasteiger charge is 2.20. The fraction of sp³-hybridized carbons (Fsp3) is 0.455. The minimum Gasteiger partial charge on any atom is -0.326 e. The third kappa shape index (κ3) is 3.06. The van der Waals surface area contributed by atoms with Gasteiger partial charge in [-0.2, -0.15) is 0 Å². The van der Waals surface area contributed by atoms with E-state index in [1.165, 1.54) is 11.3 Å². The Morgan fingerprint density at radius 3 is 2.85 bits per heavy atom. The predicted octanol–water partition coefficient (Wildman–Crippen LogP) is 0.605. The van der Waals surface area contributed by atoms with Crippen LogP contribution in [0.15, 0.2) is 17.3 Å². The summed E-state index contributed by atoms with van der Waals surface area (Å²) in [6, 6.07) is 1.62. The molecule has 20 heavy (non-hydrogen) atoms. The molecule has 110 valence electrons. The molecule has 0 fully saturated rings. The number of sulfonamides is 1. The van der Waals surface area contributed by atoms with Gasteiger partial charge in [-0.1, -0.05) is 0 Å². The molecule has 0 bridgehead atoms. The molecule has 0 saturated carbocycles. The number of thiophene rings is 1. The van der Waals surface area contributed by atoms with Crippen LogP contribution < -0.4 is 10.5 Å². The van der Waals surface area contributed by atoms with Crippen LogP contribution >= 0.6 is 11.3 Å². The van der Waals surface area contributed by atoms with Crippen molar-refractivity contribution in [1.82, 2.24) is 19.5 Å². The normalized spacial score (nSPS) is 11.9. The summed E-state index contributed by atoms with van der Waals surface area (Å²) in [6.45, 7) is 4.86. The minimum absolute atomic E-state index is 0.115. The molecule has 2 aromatic heterocycles. The van der Waals surface area contributed by atoms with Gasteiger partial charge in [0.25, 0.3) is 0 Å². The van der Waals surface area contributed by atoms with Crippen LogP contribution in [0.2, 0.25) is 0 Å². The van der Waals surface area contributed by atoms with Gasteiger partial charge in [-0.25, -0.2) is 13.1 Å². The molecule has 2 heterocycles. The molecule has 0 saturated heterocycles. The van der Waals surface area contributed by atoms with Crippen molar-refractivity contribution in [3.63, 3.8) is 0 Å². The van der Waals surface area contributed by atoms with Crippen molar-refractivity contribution in [3.8, 4) is 0 Å². The van der Waals surface area contributed by atoms with Crippen LogP contribution in [-0.4, -0.2) is 23.2 Å². The van der Waals surface area contributed by atoms with Crippen LogP contribution in [0, 0.1) is 6.92 Å². The topological polar surface area (TPSA) is 103 Å². The zero-order valence-corrected chi connectivity index (χ0v) is 13.0. The molecular formula is C11H17N5O2S2. The van der Waals surface area contributed by atoms with Crippen LogP contribution in [0.1, 0.15) is 22.5 Å². The first-order valence-corrected chi connectivity index (χ1v) is 8.43. The lowest BCUT2D eigenvalue weighted by Crippen LogP contribution is -2.25. The van der Waals surface area contributed by atoms with E-state index in [0.717, 1.165) is 9.75 Å². The second kappa shape index (κ2) is 6.00. The first-order valence-electron chi connectivity index (χ1n) is 6.13. The first kappa shape index (κ1) is 15.1. The number of nitrogens with one attached hydrogen (secondary N) is 1. The first-order chi connectivity index (χ1) is 9.47. The molecule has 0 spiro atoms. The Labute approximate surface area is 121 Å². The third-order valence-corrected chi connectivity index (χ3v) is 5.60. The summed E-state index contributed by atoms with van der Waals surface area (Å²) in [5, 5.41) is 7.66. The van der Waals surface area contributed by atoms with Crippen LogP contribution in [0.25, 0.3) is 0 Å². The zero-order valence-electron chi connectivity index (χ0n) is 11.3. The minimum atomic E-state index is -3.56. The Balaban J connectivity index is 2.17. The average molecular weight is 315 g/mol. The standard InChI is InChI=1S/C11H17N5O2S2/c1-3-16-7-13-15-11(16)6-14-20(17,18)10-4-9(5-12)19-8(10)2/h4,7,14H,3,5-6,12H2,1-2H3. The molecule has 0 amide bonds. The summed E-state index contributed by atoms with van der Waals surface area (Å²) in [4.78, 5) is 1.86. The van der Waals surface area contributed by atoms with Gasteiger partial charge in [0, 0.05) is 22.8 Å². The SMILES string of the molecule is CCn1cnnc1CNS(=O)(=O)c1cc(CN)sc1C. The number of nitrogens with two attached hydrogens (primary N) is 1. The van der Waals surface area contributed by atoms with Gasteiger partial charge in [-0.15, -0.1) is 21.5 Å². The highest BCUT2D eigenvalue weighted by molar-refractivity contribution is 7.89. The Bertz CT molecular complexity index is 689. The molecule has 2 aromatic rings. The van der Waals surface area contributed by atoms with Gasteiger partial charge in [0.1, 0.15) is 12.2 Å². The summed E-state index contributed by atoms with van der Waals surface area (Å²) in [5.74, 6) is 0.586. The third-order valence-electron chi connectivity index (χ3n) is 2.87. The Kier molecular flexibility index (Phi) is 4.53. The van der Waals surface area contributed by atoms with Gasteiger partial charge < -0.3 is 10.3 Å². The van der Waals surface area contributed by atoms with Crippen molar-refractivity contribution < 1.29 is 8.42 Å². The number of hydrogen-bond donors (Lipinski definition) is 2. The van der Waals surface area contributed by atoms with Gasteiger partial charge in [0.05, 0.1) is 11.4 Å². The van der Waals surface area contributed by atoms with Crippen LogP contribution in [0.4, 0.5) is 0 Å². The van der Waals surface area contributed by atoms with Gasteiger partial charge in [-0.3, -0.25) is 0 Å². The second-order valence-corrected chi connectivity index (χ2v) is 7.27. The predicted molar refractivity (Wildman–Crippen MR) is 76.7 cm³/mol. The van der Waals surface area contributed by atoms with Crippen molar-refractivity contribution in [3.05, 3.63) is 28.0 Å². The van der Waals surface area contributed by atoms with E-state index < -0.39 is 10.0 Å². The molecule has 3 N–H and O–H groups in total. The van der Waals surface area contributed by atoms with Crippen molar-refractivity contribution in [2.24, 2.45) is 5.73 Å². The zero-order chi connectivity index (χ0) is 14.8. The summed E-state index contributed by atoms with van der Waals surface area (Å²) in [6.07, 6.45) is 1.58. The van der Waals surface area contributed by atoms with E-state index in [4.69, 9.17) is 5.73 Å². The number of rotatable bonds is 6. The van der Waals surface area contributed by atoms with Crippen LogP contribution in [0.3, 0.4) is 0 Å². The van der Waals surface area contributed by atoms with Gasteiger partial charge in [0.15, 0.2) is 0 Å². The van der Waals surface area contributed by atoms with E-state index in [9.17, 15) is 8.42 Å². The maximum absolute atomic E-state index is 12.3. The molecule has 0 aromatic carbocycles. The van der Waals surface area contributed by atoms with E-state index in [1.54, 1.807) is 23.9 Å².